The van der Waals surface area contributed by atoms with Crippen LogP contribution < -0.4 is 10.5 Å². The highest BCUT2D eigenvalue weighted by atomic mass is 16.5. The highest BCUT2D eigenvalue weighted by Gasteiger charge is 2.13. The van der Waals surface area contributed by atoms with E-state index >= 15 is 0 Å². The zero-order chi connectivity index (χ0) is 14.3. The van der Waals surface area contributed by atoms with Crippen molar-refractivity contribution in [1.82, 2.24) is 0 Å². The average molecular weight is 263 g/mol. The lowest BCUT2D eigenvalue weighted by Gasteiger charge is -2.10. The predicted octanol–water partition coefficient (Wildman–Crippen LogP) is 2.07. The molecule has 0 aliphatic heterocycles. The number of esters is 1. The second kappa shape index (κ2) is 7.59. The molecule has 1 rings (SSSR count). The minimum atomic E-state index is -0.623. The van der Waals surface area contributed by atoms with E-state index in [2.05, 4.69) is 4.74 Å². The molecule has 0 aromatic heterocycles. The molecule has 1 aromatic rings. The van der Waals surface area contributed by atoms with Crippen molar-refractivity contribution < 1.29 is 14.3 Å². The molecule has 4 heteroatoms. The van der Waals surface area contributed by atoms with Crippen molar-refractivity contribution in [2.45, 2.75) is 26.3 Å². The number of hydrogen-bond donors (Lipinski definition) is 1. The number of rotatable bonds is 6. The van der Waals surface area contributed by atoms with E-state index in [4.69, 9.17) is 10.5 Å². The van der Waals surface area contributed by atoms with Gasteiger partial charge in [-0.2, -0.15) is 0 Å². The highest BCUT2D eigenvalue weighted by Crippen LogP contribution is 2.14. The number of hydrogen-bond acceptors (Lipinski definition) is 4. The van der Waals surface area contributed by atoms with Crippen molar-refractivity contribution in [2.24, 2.45) is 5.73 Å². The number of carbonyl (C=O) groups is 1. The number of carbonyl (C=O) groups excluding carboxylic acids is 1. The summed E-state index contributed by atoms with van der Waals surface area (Å²) in [5.41, 5.74) is 7.86. The molecular weight excluding hydrogens is 242 g/mol. The molecule has 104 valence electrons. The summed E-state index contributed by atoms with van der Waals surface area (Å²) in [6.45, 7) is 4.58. The van der Waals surface area contributed by atoms with Crippen LogP contribution >= 0.6 is 0 Å². The molecule has 19 heavy (non-hydrogen) atoms. The molecule has 1 aromatic carbocycles. The third-order valence-corrected chi connectivity index (χ3v) is 2.84. The van der Waals surface area contributed by atoms with Gasteiger partial charge in [0, 0.05) is 0 Å². The summed E-state index contributed by atoms with van der Waals surface area (Å²) in [4.78, 5) is 11.2. The Balaban J connectivity index is 2.54. The Morgan fingerprint density at radius 3 is 2.53 bits per heavy atom. The molecule has 0 aliphatic rings. The molecule has 0 amide bonds. The maximum atomic E-state index is 11.2. The lowest BCUT2D eigenvalue weighted by molar-refractivity contribution is -0.142. The summed E-state index contributed by atoms with van der Waals surface area (Å²) < 4.78 is 10.2. The fourth-order valence-electron chi connectivity index (χ4n) is 1.49. The largest absolute Gasteiger partial charge is 0.489 e. The van der Waals surface area contributed by atoms with Crippen molar-refractivity contribution >= 4 is 5.97 Å². The van der Waals surface area contributed by atoms with Gasteiger partial charge >= 0.3 is 5.97 Å². The van der Waals surface area contributed by atoms with E-state index in [0.29, 0.717) is 13.0 Å². The van der Waals surface area contributed by atoms with Crippen molar-refractivity contribution in [2.75, 3.05) is 13.7 Å². The van der Waals surface area contributed by atoms with Crippen molar-refractivity contribution in [3.05, 3.63) is 41.5 Å². The van der Waals surface area contributed by atoms with Gasteiger partial charge in [0.15, 0.2) is 0 Å². The van der Waals surface area contributed by atoms with E-state index in [1.807, 2.05) is 44.2 Å². The smallest absolute Gasteiger partial charge is 0.322 e. The van der Waals surface area contributed by atoms with Crippen LogP contribution in [0.4, 0.5) is 0 Å². The molecule has 0 spiro atoms. The Morgan fingerprint density at radius 2 is 2.00 bits per heavy atom. The Bertz CT molecular complexity index is 437. The van der Waals surface area contributed by atoms with Crippen LogP contribution in [0.2, 0.25) is 0 Å². The van der Waals surface area contributed by atoms with Crippen LogP contribution in [0.5, 0.6) is 5.75 Å². The van der Waals surface area contributed by atoms with Gasteiger partial charge in [-0.25, -0.2) is 0 Å². The fourth-order valence-corrected chi connectivity index (χ4v) is 1.49. The van der Waals surface area contributed by atoms with Gasteiger partial charge in [0.05, 0.1) is 7.11 Å². The lowest BCUT2D eigenvalue weighted by Crippen LogP contribution is -2.33. The summed E-state index contributed by atoms with van der Waals surface area (Å²) in [5, 5.41) is 0. The molecule has 2 N–H and O–H groups in total. The molecule has 1 atom stereocenters. The second-order valence-electron chi connectivity index (χ2n) is 4.40. The molecule has 0 bridgehead atoms. The Hall–Kier alpha value is -1.81. The number of benzene rings is 1. The van der Waals surface area contributed by atoms with Crippen molar-refractivity contribution in [3.63, 3.8) is 0 Å². The summed E-state index contributed by atoms with van der Waals surface area (Å²) in [7, 11) is 1.34. The van der Waals surface area contributed by atoms with Crippen LogP contribution in [-0.4, -0.2) is 25.7 Å². The van der Waals surface area contributed by atoms with E-state index in [1.54, 1.807) is 0 Å². The maximum Gasteiger partial charge on any atom is 0.322 e. The summed E-state index contributed by atoms with van der Waals surface area (Å²) >= 11 is 0. The van der Waals surface area contributed by atoms with E-state index in [0.717, 1.165) is 11.3 Å². The van der Waals surface area contributed by atoms with E-state index in [1.165, 1.54) is 12.7 Å². The van der Waals surface area contributed by atoms with E-state index < -0.39 is 12.0 Å². The van der Waals surface area contributed by atoms with Crippen molar-refractivity contribution in [3.8, 4) is 5.75 Å². The minimum absolute atomic E-state index is 0.399. The van der Waals surface area contributed by atoms with Crippen LogP contribution in [0.15, 0.2) is 35.9 Å². The van der Waals surface area contributed by atoms with Crippen LogP contribution in [-0.2, 0) is 16.0 Å². The molecule has 0 unspecified atom stereocenters. The molecule has 0 heterocycles. The first-order chi connectivity index (χ1) is 9.06. The van der Waals surface area contributed by atoms with E-state index in [9.17, 15) is 4.79 Å². The first-order valence-electron chi connectivity index (χ1n) is 6.23. The predicted molar refractivity (Wildman–Crippen MR) is 75.1 cm³/mol. The van der Waals surface area contributed by atoms with Gasteiger partial charge in [0.1, 0.15) is 18.4 Å². The monoisotopic (exact) mass is 263 g/mol. The molecule has 0 aliphatic carbocycles. The summed E-state index contributed by atoms with van der Waals surface area (Å²) in [6, 6.07) is 6.94. The molecular formula is C15H21NO3. The Labute approximate surface area is 114 Å². The third-order valence-electron chi connectivity index (χ3n) is 2.84. The third kappa shape index (κ3) is 5.14. The fraction of sp³-hybridized carbons (Fsp3) is 0.400. The lowest BCUT2D eigenvalue weighted by atomic mass is 10.1. The molecule has 0 fully saturated rings. The summed E-state index contributed by atoms with van der Waals surface area (Å²) in [5.74, 6) is 0.403. The van der Waals surface area contributed by atoms with E-state index in [-0.39, 0.29) is 0 Å². The molecule has 0 saturated heterocycles. The van der Waals surface area contributed by atoms with Gasteiger partial charge in [0.25, 0.3) is 0 Å². The van der Waals surface area contributed by atoms with Gasteiger partial charge in [0.2, 0.25) is 0 Å². The van der Waals surface area contributed by atoms with Crippen LogP contribution in [0, 0.1) is 0 Å². The SMILES string of the molecule is C/C=C(\C)COc1ccc(C[C@H](N)C(=O)OC)cc1. The highest BCUT2D eigenvalue weighted by molar-refractivity contribution is 5.75. The molecule has 0 radical (unpaired) electrons. The number of allylic oxidation sites excluding steroid dienone is 1. The van der Waals surface area contributed by atoms with Crippen molar-refractivity contribution in [1.29, 1.82) is 0 Å². The van der Waals surface area contributed by atoms with Gasteiger partial charge in [-0.3, -0.25) is 4.79 Å². The maximum absolute atomic E-state index is 11.2. The average Bonchev–Trinajstić information content (AvgIpc) is 2.45. The van der Waals surface area contributed by atoms with Crippen LogP contribution in [0.3, 0.4) is 0 Å². The van der Waals surface area contributed by atoms with Crippen LogP contribution in [0.1, 0.15) is 19.4 Å². The standard InChI is InChI=1S/C15H21NO3/c1-4-11(2)10-19-13-7-5-12(6-8-13)9-14(16)15(17)18-3/h4-8,14H,9-10,16H2,1-3H3/b11-4+/t14-/m0/s1. The minimum Gasteiger partial charge on any atom is -0.489 e. The number of nitrogens with two attached hydrogens (primary N) is 1. The number of methoxy groups -OCH3 is 1. The van der Waals surface area contributed by atoms with Gasteiger partial charge in [-0.1, -0.05) is 18.2 Å². The molecule has 0 saturated carbocycles. The Morgan fingerprint density at radius 1 is 1.37 bits per heavy atom. The zero-order valence-electron chi connectivity index (χ0n) is 11.7. The first kappa shape index (κ1) is 15.2. The quantitative estimate of drug-likeness (QED) is 0.630. The Kier molecular flexibility index (Phi) is 6.09. The summed E-state index contributed by atoms with van der Waals surface area (Å²) in [6.07, 6.45) is 2.48. The zero-order valence-corrected chi connectivity index (χ0v) is 11.7. The first-order valence-corrected chi connectivity index (χ1v) is 6.23. The van der Waals surface area contributed by atoms with Gasteiger partial charge in [-0.05, 0) is 43.5 Å². The van der Waals surface area contributed by atoms with Gasteiger partial charge in [-0.15, -0.1) is 0 Å². The second-order valence-corrected chi connectivity index (χ2v) is 4.40. The normalized spacial score (nSPS) is 12.9. The number of ether oxygens (including phenoxy) is 2. The van der Waals surface area contributed by atoms with Gasteiger partial charge < -0.3 is 15.2 Å². The molecule has 4 nitrogen and oxygen atoms in total. The van der Waals surface area contributed by atoms with Crippen LogP contribution in [0.25, 0.3) is 0 Å². The topological polar surface area (TPSA) is 61.5 Å².